The molecular weight excluding hydrogens is 459 g/mol. The molecule has 2 heterocycles. The number of alkyl halides is 3. The van der Waals surface area contributed by atoms with E-state index in [1.807, 2.05) is 0 Å². The largest absolute Gasteiger partial charge is 0.439 e. The molecule has 0 aliphatic rings. The van der Waals surface area contributed by atoms with Gasteiger partial charge in [-0.2, -0.15) is 18.3 Å². The van der Waals surface area contributed by atoms with Gasteiger partial charge in [0, 0.05) is 24.1 Å². The predicted molar refractivity (Wildman–Crippen MR) is 113 cm³/mol. The molecule has 0 unspecified atom stereocenters. The lowest BCUT2D eigenvalue weighted by molar-refractivity contribution is -0.137. The molecule has 2 aromatic heterocycles. The van der Waals surface area contributed by atoms with Gasteiger partial charge in [0.15, 0.2) is 5.82 Å². The van der Waals surface area contributed by atoms with Crippen LogP contribution in [0.1, 0.15) is 11.1 Å². The summed E-state index contributed by atoms with van der Waals surface area (Å²) in [7, 11) is -3.84. The highest BCUT2D eigenvalue weighted by Gasteiger charge is 2.30. The second kappa shape index (κ2) is 8.90. The Morgan fingerprint density at radius 1 is 1.00 bits per heavy atom. The van der Waals surface area contributed by atoms with Gasteiger partial charge in [-0.25, -0.2) is 23.1 Å². The molecule has 1 N–H and O–H groups in total. The second-order valence-corrected chi connectivity index (χ2v) is 8.57. The third kappa shape index (κ3) is 5.86. The van der Waals surface area contributed by atoms with Crippen molar-refractivity contribution in [3.05, 3.63) is 90.5 Å². The maximum Gasteiger partial charge on any atom is 0.416 e. The van der Waals surface area contributed by atoms with Gasteiger partial charge >= 0.3 is 6.18 Å². The fourth-order valence-electron chi connectivity index (χ4n) is 2.85. The number of anilines is 1. The first-order chi connectivity index (χ1) is 15.7. The smallest absolute Gasteiger partial charge is 0.416 e. The maximum absolute atomic E-state index is 12.6. The van der Waals surface area contributed by atoms with Crippen molar-refractivity contribution in [2.75, 3.05) is 4.72 Å². The number of rotatable bonds is 7. The lowest BCUT2D eigenvalue weighted by Crippen LogP contribution is -2.15. The van der Waals surface area contributed by atoms with Crippen molar-refractivity contribution in [2.24, 2.45) is 0 Å². The molecule has 0 fully saturated rings. The van der Waals surface area contributed by atoms with Crippen LogP contribution < -0.4 is 9.46 Å². The normalized spacial score (nSPS) is 11.8. The lowest BCUT2D eigenvalue weighted by Gasteiger charge is -2.11. The van der Waals surface area contributed by atoms with Crippen LogP contribution in [0.3, 0.4) is 0 Å². The zero-order valence-corrected chi connectivity index (χ0v) is 17.6. The Morgan fingerprint density at radius 2 is 1.73 bits per heavy atom. The quantitative estimate of drug-likeness (QED) is 0.425. The van der Waals surface area contributed by atoms with Crippen molar-refractivity contribution in [2.45, 2.75) is 11.9 Å². The number of sulfonamides is 1. The van der Waals surface area contributed by atoms with E-state index in [1.165, 1.54) is 18.5 Å². The van der Waals surface area contributed by atoms with Crippen LogP contribution in [0.15, 0.2) is 79.4 Å². The number of hydrogen-bond acceptors (Lipinski definition) is 6. The number of ether oxygens (including phenoxy) is 1. The number of halogens is 3. The van der Waals surface area contributed by atoms with E-state index in [4.69, 9.17) is 4.74 Å². The van der Waals surface area contributed by atoms with E-state index in [9.17, 15) is 21.6 Å². The van der Waals surface area contributed by atoms with Crippen LogP contribution >= 0.6 is 0 Å². The Kier molecular flexibility index (Phi) is 6.01. The van der Waals surface area contributed by atoms with Crippen LogP contribution in [0.4, 0.5) is 18.9 Å². The first-order valence-corrected chi connectivity index (χ1v) is 11.1. The first kappa shape index (κ1) is 22.3. The van der Waals surface area contributed by atoms with Gasteiger partial charge in [0.05, 0.1) is 11.3 Å². The van der Waals surface area contributed by atoms with E-state index in [0.29, 0.717) is 11.6 Å². The SMILES string of the molecule is O=S(=O)(Cc1ccc(C(F)(F)F)cc1)Nc1ccc(Oc2cc(-n3cccn3)ncn2)cc1. The average Bonchev–Trinajstić information content (AvgIpc) is 3.30. The zero-order valence-electron chi connectivity index (χ0n) is 16.8. The summed E-state index contributed by atoms with van der Waals surface area (Å²) >= 11 is 0. The van der Waals surface area contributed by atoms with E-state index in [2.05, 4.69) is 19.8 Å². The Bertz CT molecular complexity index is 1330. The number of benzene rings is 2. The summed E-state index contributed by atoms with van der Waals surface area (Å²) in [5.41, 5.74) is -0.339. The van der Waals surface area contributed by atoms with Crippen molar-refractivity contribution >= 4 is 15.7 Å². The Hall–Kier alpha value is -3.93. The van der Waals surface area contributed by atoms with Crippen LogP contribution in [0, 0.1) is 0 Å². The molecule has 33 heavy (non-hydrogen) atoms. The molecule has 170 valence electrons. The van der Waals surface area contributed by atoms with E-state index in [-0.39, 0.29) is 17.1 Å². The fourth-order valence-corrected chi connectivity index (χ4v) is 4.05. The number of hydrogen-bond donors (Lipinski definition) is 1. The van der Waals surface area contributed by atoms with Gasteiger partial charge in [-0.1, -0.05) is 12.1 Å². The summed E-state index contributed by atoms with van der Waals surface area (Å²) in [4.78, 5) is 8.14. The van der Waals surface area contributed by atoms with Gasteiger partial charge in [-0.3, -0.25) is 4.72 Å². The van der Waals surface area contributed by atoms with Crippen molar-refractivity contribution in [1.82, 2.24) is 19.7 Å². The van der Waals surface area contributed by atoms with Crippen LogP contribution in [0.2, 0.25) is 0 Å². The lowest BCUT2D eigenvalue weighted by atomic mass is 10.1. The van der Waals surface area contributed by atoms with Gasteiger partial charge < -0.3 is 4.74 Å². The van der Waals surface area contributed by atoms with Crippen molar-refractivity contribution in [3.8, 4) is 17.4 Å². The highest BCUT2D eigenvalue weighted by atomic mass is 32.2. The number of nitrogens with one attached hydrogen (secondary N) is 1. The highest BCUT2D eigenvalue weighted by Crippen LogP contribution is 2.29. The van der Waals surface area contributed by atoms with Gasteiger partial charge in [0.1, 0.15) is 12.1 Å². The molecule has 0 aliphatic carbocycles. The minimum Gasteiger partial charge on any atom is -0.439 e. The molecule has 2 aromatic carbocycles. The summed E-state index contributed by atoms with van der Waals surface area (Å²) in [6.45, 7) is 0. The van der Waals surface area contributed by atoms with Crippen LogP contribution in [0.5, 0.6) is 11.6 Å². The van der Waals surface area contributed by atoms with Crippen LogP contribution in [-0.4, -0.2) is 28.2 Å². The Morgan fingerprint density at radius 3 is 2.36 bits per heavy atom. The zero-order chi connectivity index (χ0) is 23.5. The summed E-state index contributed by atoms with van der Waals surface area (Å²) in [5, 5.41) is 4.08. The topological polar surface area (TPSA) is 99.0 Å². The summed E-state index contributed by atoms with van der Waals surface area (Å²) in [6, 6.07) is 13.4. The van der Waals surface area contributed by atoms with E-state index in [0.717, 1.165) is 24.3 Å². The summed E-state index contributed by atoms with van der Waals surface area (Å²) < 4.78 is 72.3. The maximum atomic E-state index is 12.6. The summed E-state index contributed by atoms with van der Waals surface area (Å²) in [5.74, 6) is 0.718. The molecule has 0 aliphatic heterocycles. The Balaban J connectivity index is 1.39. The van der Waals surface area contributed by atoms with Crippen molar-refractivity contribution in [1.29, 1.82) is 0 Å². The first-order valence-electron chi connectivity index (χ1n) is 9.45. The molecule has 0 spiro atoms. The number of nitrogens with zero attached hydrogens (tertiary/aromatic N) is 4. The Labute approximate surface area is 186 Å². The van der Waals surface area contributed by atoms with E-state index < -0.39 is 27.5 Å². The van der Waals surface area contributed by atoms with Gasteiger partial charge in [-0.05, 0) is 48.0 Å². The second-order valence-electron chi connectivity index (χ2n) is 6.85. The highest BCUT2D eigenvalue weighted by molar-refractivity contribution is 7.91. The van der Waals surface area contributed by atoms with Crippen molar-refractivity contribution in [3.63, 3.8) is 0 Å². The minimum absolute atomic E-state index is 0.229. The van der Waals surface area contributed by atoms with Crippen LogP contribution in [0.25, 0.3) is 5.82 Å². The predicted octanol–water partition coefficient (Wildman–Crippen LogP) is 4.42. The minimum atomic E-state index is -4.48. The molecule has 4 rings (SSSR count). The van der Waals surface area contributed by atoms with Gasteiger partial charge in [-0.15, -0.1) is 0 Å². The molecule has 12 heteroatoms. The fraction of sp³-hybridized carbons (Fsp3) is 0.0952. The van der Waals surface area contributed by atoms with E-state index >= 15 is 0 Å². The molecular formula is C21H16F3N5O3S. The summed E-state index contributed by atoms with van der Waals surface area (Å²) in [6.07, 6.45) is 0.180. The van der Waals surface area contributed by atoms with Gasteiger partial charge in [0.25, 0.3) is 0 Å². The monoisotopic (exact) mass is 475 g/mol. The molecule has 0 saturated carbocycles. The van der Waals surface area contributed by atoms with Gasteiger partial charge in [0.2, 0.25) is 15.9 Å². The average molecular weight is 475 g/mol. The third-order valence-electron chi connectivity index (χ3n) is 4.35. The van der Waals surface area contributed by atoms with E-state index in [1.54, 1.807) is 41.3 Å². The molecule has 8 nitrogen and oxygen atoms in total. The molecule has 0 bridgehead atoms. The van der Waals surface area contributed by atoms with Crippen LogP contribution in [-0.2, 0) is 22.0 Å². The molecule has 0 amide bonds. The molecule has 0 radical (unpaired) electrons. The number of aromatic nitrogens is 4. The molecule has 0 atom stereocenters. The molecule has 4 aromatic rings. The third-order valence-corrected chi connectivity index (χ3v) is 5.61. The van der Waals surface area contributed by atoms with Crippen molar-refractivity contribution < 1.29 is 26.3 Å². The molecule has 0 saturated heterocycles. The standard InChI is InChI=1S/C21H16F3N5O3S/c22-21(23,24)16-4-2-15(3-5-16)13-33(30,31)28-17-6-8-18(9-7-17)32-20-12-19(25-14-26-20)29-11-1-10-27-29/h1-12,14,28H,13H2.